The number of aromatic nitrogens is 2. The number of hydrogen-bond acceptors (Lipinski definition) is 3. The Morgan fingerprint density at radius 3 is 2.47 bits per heavy atom. The van der Waals surface area contributed by atoms with E-state index in [1.807, 2.05) is 54.6 Å². The molecule has 1 aromatic heterocycles. The summed E-state index contributed by atoms with van der Waals surface area (Å²) in [6.45, 7) is 0. The van der Waals surface area contributed by atoms with Crippen molar-refractivity contribution in [3.63, 3.8) is 0 Å². The third-order valence-electron chi connectivity index (χ3n) is 3.05. The molecular weight excluding hydrogens is 238 g/mol. The van der Waals surface area contributed by atoms with E-state index in [0.717, 1.165) is 16.6 Å². The van der Waals surface area contributed by atoms with Gasteiger partial charge in [-0.2, -0.15) is 4.98 Å². The van der Waals surface area contributed by atoms with Crippen LogP contribution in [0.3, 0.4) is 0 Å². The first-order valence-corrected chi connectivity index (χ1v) is 6.03. The highest BCUT2D eigenvalue weighted by Crippen LogP contribution is 2.22. The van der Waals surface area contributed by atoms with E-state index in [9.17, 15) is 4.79 Å². The molecule has 1 heterocycles. The Balaban J connectivity index is 2.19. The molecule has 3 rings (SSSR count). The molecule has 0 bridgehead atoms. The lowest BCUT2D eigenvalue weighted by Crippen LogP contribution is -2.21. The van der Waals surface area contributed by atoms with Gasteiger partial charge >= 0.3 is 5.69 Å². The quantitative estimate of drug-likeness (QED) is 0.761. The van der Waals surface area contributed by atoms with E-state index in [0.29, 0.717) is 5.82 Å². The average Bonchev–Trinajstić information content (AvgIpc) is 2.46. The Morgan fingerprint density at radius 1 is 1.00 bits per heavy atom. The largest absolute Gasteiger partial charge is 0.349 e. The lowest BCUT2D eigenvalue weighted by atomic mass is 10.2. The number of nitrogens with zero attached hydrogens (tertiary/aromatic N) is 2. The van der Waals surface area contributed by atoms with Crippen molar-refractivity contribution >= 4 is 22.4 Å². The Kier molecular flexibility index (Phi) is 2.76. The fraction of sp³-hybridized carbons (Fsp3) is 0.0667. The van der Waals surface area contributed by atoms with Crippen molar-refractivity contribution in [1.82, 2.24) is 9.55 Å². The third kappa shape index (κ3) is 2.08. The molecule has 0 aliphatic rings. The van der Waals surface area contributed by atoms with Gasteiger partial charge in [-0.1, -0.05) is 30.3 Å². The number of nitrogens with one attached hydrogen (secondary N) is 1. The summed E-state index contributed by atoms with van der Waals surface area (Å²) in [6, 6.07) is 17.4. The van der Waals surface area contributed by atoms with Gasteiger partial charge in [0, 0.05) is 18.1 Å². The molecule has 0 saturated heterocycles. The normalized spacial score (nSPS) is 10.6. The highest BCUT2D eigenvalue weighted by molar-refractivity contribution is 5.90. The zero-order valence-corrected chi connectivity index (χ0v) is 10.5. The fourth-order valence-corrected chi connectivity index (χ4v) is 2.05. The number of anilines is 2. The molecular formula is C15H13N3O. The van der Waals surface area contributed by atoms with Crippen molar-refractivity contribution < 1.29 is 0 Å². The molecule has 3 aromatic rings. The van der Waals surface area contributed by atoms with Gasteiger partial charge in [0.15, 0.2) is 0 Å². The van der Waals surface area contributed by atoms with E-state index in [1.165, 1.54) is 0 Å². The molecule has 0 amide bonds. The summed E-state index contributed by atoms with van der Waals surface area (Å²) in [4.78, 5) is 15.9. The maximum atomic E-state index is 11.9. The molecule has 0 aliphatic carbocycles. The Bertz CT molecular complexity index is 778. The van der Waals surface area contributed by atoms with Crippen LogP contribution in [0.1, 0.15) is 0 Å². The molecule has 4 heteroatoms. The molecule has 4 nitrogen and oxygen atoms in total. The summed E-state index contributed by atoms with van der Waals surface area (Å²) >= 11 is 0. The third-order valence-corrected chi connectivity index (χ3v) is 3.05. The van der Waals surface area contributed by atoms with Crippen molar-refractivity contribution in [1.29, 1.82) is 0 Å². The van der Waals surface area contributed by atoms with Crippen LogP contribution in [-0.2, 0) is 7.05 Å². The minimum absolute atomic E-state index is 0.267. The van der Waals surface area contributed by atoms with Gasteiger partial charge in [0.2, 0.25) is 0 Å². The van der Waals surface area contributed by atoms with E-state index in [4.69, 9.17) is 0 Å². The standard InChI is InChI=1S/C15H13N3O/c1-18-13-10-6-5-9-12(13)14(17-15(18)19)16-11-7-3-2-4-8-11/h2-10H,1H3,(H,16,17,19). The molecule has 1 N–H and O–H groups in total. The Morgan fingerprint density at radius 2 is 1.68 bits per heavy atom. The molecule has 0 unspecified atom stereocenters. The predicted octanol–water partition coefficient (Wildman–Crippen LogP) is 2.68. The maximum absolute atomic E-state index is 11.9. The molecule has 0 aliphatic heterocycles. The predicted molar refractivity (Wildman–Crippen MR) is 76.7 cm³/mol. The molecule has 94 valence electrons. The first kappa shape index (κ1) is 11.5. The summed E-state index contributed by atoms with van der Waals surface area (Å²) in [5.41, 5.74) is 1.51. The minimum atomic E-state index is -0.267. The molecule has 19 heavy (non-hydrogen) atoms. The number of para-hydroxylation sites is 2. The van der Waals surface area contributed by atoms with Crippen molar-refractivity contribution in [2.24, 2.45) is 7.05 Å². The number of aryl methyl sites for hydroxylation is 1. The van der Waals surface area contributed by atoms with Crippen LogP contribution in [0, 0.1) is 0 Å². The second-order valence-electron chi connectivity index (χ2n) is 4.31. The van der Waals surface area contributed by atoms with Gasteiger partial charge in [-0.05, 0) is 24.3 Å². The smallest absolute Gasteiger partial charge is 0.340 e. The maximum Gasteiger partial charge on any atom is 0.349 e. The lowest BCUT2D eigenvalue weighted by Gasteiger charge is -2.10. The fourth-order valence-electron chi connectivity index (χ4n) is 2.05. The molecule has 0 radical (unpaired) electrons. The highest BCUT2D eigenvalue weighted by Gasteiger charge is 2.07. The van der Waals surface area contributed by atoms with Crippen LogP contribution >= 0.6 is 0 Å². The van der Waals surface area contributed by atoms with Crippen LogP contribution < -0.4 is 11.0 Å². The van der Waals surface area contributed by atoms with Gasteiger partial charge in [-0.15, -0.1) is 0 Å². The van der Waals surface area contributed by atoms with Crippen LogP contribution in [0.15, 0.2) is 59.4 Å². The average molecular weight is 251 g/mol. The van der Waals surface area contributed by atoms with E-state index in [-0.39, 0.29) is 5.69 Å². The Labute approximate surface area is 110 Å². The van der Waals surface area contributed by atoms with Crippen LogP contribution in [0.25, 0.3) is 10.9 Å². The summed E-state index contributed by atoms with van der Waals surface area (Å²) < 4.78 is 1.55. The van der Waals surface area contributed by atoms with Gasteiger partial charge < -0.3 is 5.32 Å². The van der Waals surface area contributed by atoms with Gasteiger partial charge in [0.05, 0.1) is 5.52 Å². The monoisotopic (exact) mass is 251 g/mol. The topological polar surface area (TPSA) is 46.9 Å². The van der Waals surface area contributed by atoms with E-state index >= 15 is 0 Å². The zero-order valence-electron chi connectivity index (χ0n) is 10.5. The number of rotatable bonds is 2. The number of benzene rings is 2. The molecule has 0 saturated carbocycles. The Hall–Kier alpha value is -2.62. The SMILES string of the molecule is Cn1c(=O)nc(Nc2ccccc2)c2ccccc21. The number of hydrogen-bond donors (Lipinski definition) is 1. The van der Waals surface area contributed by atoms with E-state index in [1.54, 1.807) is 11.6 Å². The van der Waals surface area contributed by atoms with Gasteiger partial charge in [-0.3, -0.25) is 4.57 Å². The molecule has 0 spiro atoms. The lowest BCUT2D eigenvalue weighted by molar-refractivity contribution is 0.855. The second kappa shape index (κ2) is 4.57. The van der Waals surface area contributed by atoms with Crippen LogP contribution in [0.5, 0.6) is 0 Å². The molecule has 2 aromatic carbocycles. The number of fused-ring (bicyclic) bond motifs is 1. The molecule has 0 atom stereocenters. The van der Waals surface area contributed by atoms with Crippen LogP contribution in [0.4, 0.5) is 11.5 Å². The van der Waals surface area contributed by atoms with E-state index < -0.39 is 0 Å². The first-order chi connectivity index (χ1) is 9.25. The van der Waals surface area contributed by atoms with Crippen LogP contribution in [-0.4, -0.2) is 9.55 Å². The summed E-state index contributed by atoms with van der Waals surface area (Å²) in [5, 5.41) is 4.12. The van der Waals surface area contributed by atoms with Gasteiger partial charge in [0.1, 0.15) is 5.82 Å². The van der Waals surface area contributed by atoms with Crippen molar-refractivity contribution in [2.45, 2.75) is 0 Å². The van der Waals surface area contributed by atoms with Crippen LogP contribution in [0.2, 0.25) is 0 Å². The molecule has 0 fully saturated rings. The summed E-state index contributed by atoms with van der Waals surface area (Å²) in [7, 11) is 1.73. The summed E-state index contributed by atoms with van der Waals surface area (Å²) in [5.74, 6) is 0.588. The zero-order chi connectivity index (χ0) is 13.2. The van der Waals surface area contributed by atoms with Crippen molar-refractivity contribution in [2.75, 3.05) is 5.32 Å². The van der Waals surface area contributed by atoms with Gasteiger partial charge in [0.25, 0.3) is 0 Å². The first-order valence-electron chi connectivity index (χ1n) is 6.03. The second-order valence-corrected chi connectivity index (χ2v) is 4.31. The van der Waals surface area contributed by atoms with Gasteiger partial charge in [-0.25, -0.2) is 4.79 Å². The highest BCUT2D eigenvalue weighted by atomic mass is 16.1. The van der Waals surface area contributed by atoms with Crippen molar-refractivity contribution in [3.8, 4) is 0 Å². The van der Waals surface area contributed by atoms with E-state index in [2.05, 4.69) is 10.3 Å². The summed E-state index contributed by atoms with van der Waals surface area (Å²) in [6.07, 6.45) is 0. The minimum Gasteiger partial charge on any atom is -0.340 e. The van der Waals surface area contributed by atoms with Crippen molar-refractivity contribution in [3.05, 3.63) is 65.1 Å².